The largest absolute Gasteiger partial charge is 0.392 e. The summed E-state index contributed by atoms with van der Waals surface area (Å²) in [6.45, 7) is 7.14. The maximum atomic E-state index is 13.0. The van der Waals surface area contributed by atoms with Gasteiger partial charge in [-0.05, 0) is 55.4 Å². The topological polar surface area (TPSA) is 80.1 Å². The van der Waals surface area contributed by atoms with Gasteiger partial charge < -0.3 is 15.0 Å². The van der Waals surface area contributed by atoms with Gasteiger partial charge >= 0.3 is 0 Å². The Kier molecular flexibility index (Phi) is 7.21. The number of hydrogen-bond donors (Lipinski definition) is 1. The third-order valence-electron chi connectivity index (χ3n) is 6.41. The molecule has 2 heterocycles. The van der Waals surface area contributed by atoms with Crippen LogP contribution < -0.4 is 5.32 Å². The second-order valence-corrected chi connectivity index (χ2v) is 8.87. The average Bonchev–Trinajstić information content (AvgIpc) is 3.42. The second-order valence-electron chi connectivity index (χ2n) is 8.87. The zero-order valence-electron chi connectivity index (χ0n) is 19.8. The van der Waals surface area contributed by atoms with Gasteiger partial charge in [0.05, 0.1) is 18.3 Å². The molecule has 0 aliphatic carbocycles. The summed E-state index contributed by atoms with van der Waals surface area (Å²) in [6, 6.07) is 13.7. The van der Waals surface area contributed by atoms with Crippen molar-refractivity contribution in [1.29, 1.82) is 0 Å². The van der Waals surface area contributed by atoms with Crippen molar-refractivity contribution in [1.82, 2.24) is 25.2 Å². The minimum absolute atomic E-state index is 0.0758. The van der Waals surface area contributed by atoms with Crippen molar-refractivity contribution in [2.45, 2.75) is 51.7 Å². The molecular formula is C27H31N5O2. The van der Waals surface area contributed by atoms with E-state index in [9.17, 15) is 9.59 Å². The predicted molar refractivity (Wildman–Crippen MR) is 131 cm³/mol. The fraction of sp³-hybridized carbons (Fsp3) is 0.333. The van der Waals surface area contributed by atoms with E-state index in [2.05, 4.69) is 59.5 Å². The first-order valence-corrected chi connectivity index (χ1v) is 11.7. The number of aryl methyl sites for hydroxylation is 3. The van der Waals surface area contributed by atoms with Gasteiger partial charge in [0.2, 0.25) is 0 Å². The van der Waals surface area contributed by atoms with E-state index in [1.807, 2.05) is 30.1 Å². The molecular weight excluding hydrogens is 426 g/mol. The van der Waals surface area contributed by atoms with Crippen LogP contribution in [0.4, 0.5) is 0 Å². The van der Waals surface area contributed by atoms with Gasteiger partial charge in [0.15, 0.2) is 0 Å². The zero-order chi connectivity index (χ0) is 24.1. The van der Waals surface area contributed by atoms with Gasteiger partial charge in [0.25, 0.3) is 5.91 Å². The van der Waals surface area contributed by atoms with E-state index < -0.39 is 6.04 Å². The van der Waals surface area contributed by atoms with E-state index in [1.165, 1.54) is 11.1 Å². The highest BCUT2D eigenvalue weighted by Gasteiger charge is 2.33. The molecule has 34 heavy (non-hydrogen) atoms. The van der Waals surface area contributed by atoms with Gasteiger partial charge in [0.1, 0.15) is 6.29 Å². The lowest BCUT2D eigenvalue weighted by Gasteiger charge is -2.23. The lowest BCUT2D eigenvalue weighted by Crippen LogP contribution is -2.37. The highest BCUT2D eigenvalue weighted by molar-refractivity contribution is 6.00. The Bertz CT molecular complexity index is 1200. The van der Waals surface area contributed by atoms with Crippen molar-refractivity contribution in [2.75, 3.05) is 7.05 Å². The molecule has 0 fully saturated rings. The Balaban J connectivity index is 1.41. The Morgan fingerprint density at radius 2 is 2.06 bits per heavy atom. The van der Waals surface area contributed by atoms with E-state index in [4.69, 9.17) is 0 Å². The number of carbonyl (C=O) groups is 2. The van der Waals surface area contributed by atoms with Crippen LogP contribution in [0.1, 0.15) is 51.1 Å². The lowest BCUT2D eigenvalue weighted by molar-refractivity contribution is -0.112. The highest BCUT2D eigenvalue weighted by Crippen LogP contribution is 2.29. The number of aldehydes is 1. The second kappa shape index (κ2) is 10.5. The molecule has 3 aromatic rings. The first-order chi connectivity index (χ1) is 16.5. The minimum atomic E-state index is -0.459. The summed E-state index contributed by atoms with van der Waals surface area (Å²) in [4.78, 5) is 26.5. The average molecular weight is 458 g/mol. The van der Waals surface area contributed by atoms with E-state index >= 15 is 0 Å². The first-order valence-electron chi connectivity index (χ1n) is 11.7. The molecule has 1 aliphatic rings. The summed E-state index contributed by atoms with van der Waals surface area (Å²) in [5, 5.41) is 11.6. The molecule has 1 aliphatic heterocycles. The summed E-state index contributed by atoms with van der Waals surface area (Å²) in [7, 11) is 1.81. The Hall–Kier alpha value is -3.74. The molecule has 176 valence electrons. The fourth-order valence-electron chi connectivity index (χ4n) is 4.46. The molecule has 0 bridgehead atoms. The molecule has 0 saturated carbocycles. The van der Waals surface area contributed by atoms with Crippen molar-refractivity contribution in [3.05, 3.63) is 94.4 Å². The molecule has 1 amide bonds. The Morgan fingerprint density at radius 1 is 1.24 bits per heavy atom. The standard InChI is InChI=1S/C27H31N5O2/c1-19-6-4-7-21(14-19)15-31-16-23(29-30-31)12-11-22-8-5-9-25-26(22)17-32(27(25)34)24(18-33)13-10-20(2)28-3/h4-9,14,16,18,24,28H,2,10-13,15,17H2,1,3H3. The van der Waals surface area contributed by atoms with Crippen LogP contribution in [0.2, 0.25) is 0 Å². The molecule has 0 radical (unpaired) electrons. The van der Waals surface area contributed by atoms with Crippen LogP contribution >= 0.6 is 0 Å². The van der Waals surface area contributed by atoms with Gasteiger partial charge in [-0.15, -0.1) is 5.10 Å². The normalized spacial score (nSPS) is 13.6. The minimum Gasteiger partial charge on any atom is -0.392 e. The van der Waals surface area contributed by atoms with Crippen LogP contribution in [-0.2, 0) is 30.7 Å². The van der Waals surface area contributed by atoms with Crippen molar-refractivity contribution in [3.63, 3.8) is 0 Å². The van der Waals surface area contributed by atoms with Crippen LogP contribution in [0.25, 0.3) is 0 Å². The van der Waals surface area contributed by atoms with Crippen molar-refractivity contribution in [3.8, 4) is 0 Å². The van der Waals surface area contributed by atoms with Gasteiger partial charge in [-0.25, -0.2) is 4.68 Å². The van der Waals surface area contributed by atoms with Gasteiger partial charge in [-0.2, -0.15) is 0 Å². The number of benzene rings is 2. The predicted octanol–water partition coefficient (Wildman–Crippen LogP) is 3.46. The van der Waals surface area contributed by atoms with Crippen molar-refractivity contribution in [2.24, 2.45) is 0 Å². The molecule has 2 aromatic carbocycles. The Morgan fingerprint density at radius 3 is 2.82 bits per heavy atom. The van der Waals surface area contributed by atoms with E-state index in [0.717, 1.165) is 41.6 Å². The number of fused-ring (bicyclic) bond motifs is 1. The van der Waals surface area contributed by atoms with Crippen LogP contribution in [0, 0.1) is 6.92 Å². The first kappa shape index (κ1) is 23.4. The molecule has 7 heteroatoms. The van der Waals surface area contributed by atoms with Gasteiger partial charge in [-0.1, -0.05) is 53.8 Å². The molecule has 1 atom stereocenters. The van der Waals surface area contributed by atoms with Crippen molar-refractivity contribution >= 4 is 12.2 Å². The van der Waals surface area contributed by atoms with Crippen LogP contribution in [0.15, 0.2) is 60.9 Å². The van der Waals surface area contributed by atoms with E-state index in [0.29, 0.717) is 31.5 Å². The van der Waals surface area contributed by atoms with Crippen LogP contribution in [0.5, 0.6) is 0 Å². The van der Waals surface area contributed by atoms with E-state index in [-0.39, 0.29) is 5.91 Å². The number of carbonyl (C=O) groups excluding carboxylic acids is 2. The summed E-state index contributed by atoms with van der Waals surface area (Å²) >= 11 is 0. The molecule has 0 spiro atoms. The third-order valence-corrected chi connectivity index (χ3v) is 6.41. The smallest absolute Gasteiger partial charge is 0.255 e. The molecule has 1 N–H and O–H groups in total. The lowest BCUT2D eigenvalue weighted by atomic mass is 9.99. The highest BCUT2D eigenvalue weighted by atomic mass is 16.2. The van der Waals surface area contributed by atoms with Crippen LogP contribution in [-0.4, -0.2) is 45.2 Å². The van der Waals surface area contributed by atoms with Gasteiger partial charge in [0, 0.05) is 31.0 Å². The van der Waals surface area contributed by atoms with Crippen LogP contribution in [0.3, 0.4) is 0 Å². The maximum absolute atomic E-state index is 13.0. The summed E-state index contributed by atoms with van der Waals surface area (Å²) in [5.74, 6) is -0.0758. The quantitative estimate of drug-likeness (QED) is 0.446. The van der Waals surface area contributed by atoms with Crippen molar-refractivity contribution < 1.29 is 9.59 Å². The number of allylic oxidation sites excluding steroid dienone is 1. The number of hydrogen-bond acceptors (Lipinski definition) is 5. The Labute approximate surface area is 200 Å². The molecule has 1 unspecified atom stereocenters. The summed E-state index contributed by atoms with van der Waals surface area (Å²) < 4.78 is 1.86. The molecule has 7 nitrogen and oxygen atoms in total. The summed E-state index contributed by atoms with van der Waals surface area (Å²) in [6.07, 6.45) is 5.56. The SMILES string of the molecule is C=C(CCC(C=O)N1Cc2c(CCc3cn(Cc4cccc(C)c4)nn3)cccc2C1=O)NC. The zero-order valence-corrected chi connectivity index (χ0v) is 19.8. The molecule has 4 rings (SSSR count). The monoisotopic (exact) mass is 457 g/mol. The van der Waals surface area contributed by atoms with Gasteiger partial charge in [-0.3, -0.25) is 4.79 Å². The number of nitrogens with one attached hydrogen (secondary N) is 1. The number of nitrogens with zero attached hydrogens (tertiary/aromatic N) is 4. The number of aromatic nitrogens is 3. The molecule has 1 aromatic heterocycles. The van der Waals surface area contributed by atoms with E-state index in [1.54, 1.807) is 4.90 Å². The number of amides is 1. The third kappa shape index (κ3) is 5.25. The summed E-state index contributed by atoms with van der Waals surface area (Å²) in [5.41, 5.74) is 7.02. The maximum Gasteiger partial charge on any atom is 0.255 e. The number of rotatable bonds is 11. The fourth-order valence-corrected chi connectivity index (χ4v) is 4.46. The molecule has 0 saturated heterocycles.